The fourth-order valence-electron chi connectivity index (χ4n) is 2.06. The molecule has 0 bridgehead atoms. The molecule has 1 unspecified atom stereocenters. The van der Waals surface area contributed by atoms with Crippen LogP contribution in [0.2, 0.25) is 0 Å². The van der Waals surface area contributed by atoms with E-state index in [2.05, 4.69) is 46.9 Å². The zero-order valence-corrected chi connectivity index (χ0v) is 17.7. The number of hydrogen-bond acceptors (Lipinski definition) is 3. The molecule has 1 aromatic heterocycles. The Hall–Kier alpha value is -0.830. The molecule has 0 saturated heterocycles. The number of guanidine groups is 1. The summed E-state index contributed by atoms with van der Waals surface area (Å²) in [5.74, 6) is 0.790. The lowest BCUT2D eigenvalue weighted by molar-refractivity contribution is -0.121. The summed E-state index contributed by atoms with van der Waals surface area (Å²) < 4.78 is 0. The topological polar surface area (TPSA) is 65.5 Å². The molecule has 1 rings (SSSR count). The van der Waals surface area contributed by atoms with Gasteiger partial charge in [-0.15, -0.1) is 35.3 Å². The number of amides is 1. The van der Waals surface area contributed by atoms with Crippen LogP contribution in [-0.4, -0.2) is 37.5 Å². The van der Waals surface area contributed by atoms with Gasteiger partial charge in [-0.05, 0) is 39.8 Å². The summed E-state index contributed by atoms with van der Waals surface area (Å²) in [6, 6.07) is 4.78. The van der Waals surface area contributed by atoms with Crippen molar-refractivity contribution < 1.29 is 4.79 Å². The Morgan fingerprint density at radius 2 is 1.96 bits per heavy atom. The molecule has 0 aliphatic carbocycles. The first-order valence-electron chi connectivity index (χ1n) is 7.72. The Labute approximate surface area is 160 Å². The zero-order chi connectivity index (χ0) is 16.5. The molecule has 23 heavy (non-hydrogen) atoms. The summed E-state index contributed by atoms with van der Waals surface area (Å²) in [5, 5.41) is 9.40. The molecule has 0 radical (unpaired) electrons. The summed E-state index contributed by atoms with van der Waals surface area (Å²) >= 11 is 1.82. The van der Waals surface area contributed by atoms with Gasteiger partial charge < -0.3 is 16.0 Å². The molecule has 132 valence electrons. The van der Waals surface area contributed by atoms with Gasteiger partial charge in [-0.1, -0.05) is 0 Å². The molecule has 3 N–H and O–H groups in total. The molecule has 1 amide bonds. The average Bonchev–Trinajstić information content (AvgIpc) is 2.81. The maximum atomic E-state index is 11.6. The third-order valence-electron chi connectivity index (χ3n) is 3.00. The number of aryl methyl sites for hydroxylation is 1. The molecule has 0 aliphatic heterocycles. The number of aliphatic imine (C=N–C) groups is 1. The van der Waals surface area contributed by atoms with Crippen LogP contribution in [0.1, 0.15) is 36.9 Å². The van der Waals surface area contributed by atoms with Crippen LogP contribution in [0.4, 0.5) is 0 Å². The van der Waals surface area contributed by atoms with Crippen LogP contribution in [0, 0.1) is 6.92 Å². The third kappa shape index (κ3) is 9.80. The van der Waals surface area contributed by atoms with E-state index in [1.807, 2.05) is 25.2 Å². The Kier molecular flexibility index (Phi) is 11.2. The van der Waals surface area contributed by atoms with Gasteiger partial charge in [0.25, 0.3) is 0 Å². The van der Waals surface area contributed by atoms with Gasteiger partial charge >= 0.3 is 0 Å². The molecule has 0 aliphatic rings. The second-order valence-corrected chi connectivity index (χ2v) is 7.11. The number of thiophene rings is 1. The van der Waals surface area contributed by atoms with Gasteiger partial charge in [-0.2, -0.15) is 0 Å². The van der Waals surface area contributed by atoms with Gasteiger partial charge in [-0.25, -0.2) is 0 Å². The normalized spacial score (nSPS) is 12.5. The minimum Gasteiger partial charge on any atom is -0.356 e. The lowest BCUT2D eigenvalue weighted by atomic mass is 10.2. The minimum absolute atomic E-state index is 0. The van der Waals surface area contributed by atoms with E-state index in [0.29, 0.717) is 13.0 Å². The largest absolute Gasteiger partial charge is 0.356 e. The lowest BCUT2D eigenvalue weighted by Crippen LogP contribution is -2.44. The second-order valence-electron chi connectivity index (χ2n) is 5.73. The Bertz CT molecular complexity index is 502. The van der Waals surface area contributed by atoms with Gasteiger partial charge in [0.05, 0.1) is 0 Å². The first-order valence-corrected chi connectivity index (χ1v) is 8.54. The van der Waals surface area contributed by atoms with E-state index in [1.165, 1.54) is 9.75 Å². The fraction of sp³-hybridized carbons (Fsp3) is 0.625. The SMILES string of the molecule is CN=C(NCCC(=O)NC(C)C)NC(C)Cc1ccc(C)s1.I. The molecule has 1 aromatic rings. The quantitative estimate of drug-likeness (QED) is 0.339. The summed E-state index contributed by atoms with van der Waals surface area (Å²) in [5.41, 5.74) is 0. The zero-order valence-electron chi connectivity index (χ0n) is 14.6. The highest BCUT2D eigenvalue weighted by atomic mass is 127. The molecule has 1 heterocycles. The minimum atomic E-state index is 0. The predicted octanol–water partition coefficient (Wildman–Crippen LogP) is 2.69. The van der Waals surface area contributed by atoms with E-state index in [1.54, 1.807) is 7.05 Å². The molecular formula is C16H29IN4OS. The van der Waals surface area contributed by atoms with Crippen LogP contribution >= 0.6 is 35.3 Å². The monoisotopic (exact) mass is 452 g/mol. The van der Waals surface area contributed by atoms with E-state index in [9.17, 15) is 4.79 Å². The van der Waals surface area contributed by atoms with Gasteiger partial charge in [0.2, 0.25) is 5.91 Å². The molecule has 0 fully saturated rings. The Balaban J connectivity index is 0.00000484. The first kappa shape index (κ1) is 22.2. The lowest BCUT2D eigenvalue weighted by Gasteiger charge is -2.17. The van der Waals surface area contributed by atoms with Crippen LogP contribution in [0.25, 0.3) is 0 Å². The summed E-state index contributed by atoms with van der Waals surface area (Å²) in [6.07, 6.45) is 1.41. The van der Waals surface area contributed by atoms with Gasteiger partial charge in [0.1, 0.15) is 0 Å². The van der Waals surface area contributed by atoms with Gasteiger partial charge in [-0.3, -0.25) is 9.79 Å². The number of halogens is 1. The number of carbonyl (C=O) groups is 1. The van der Waals surface area contributed by atoms with Crippen LogP contribution < -0.4 is 16.0 Å². The van der Waals surface area contributed by atoms with Gasteiger partial charge in [0.15, 0.2) is 5.96 Å². The van der Waals surface area contributed by atoms with E-state index >= 15 is 0 Å². The summed E-state index contributed by atoms with van der Waals surface area (Å²) in [7, 11) is 1.74. The summed E-state index contributed by atoms with van der Waals surface area (Å²) in [6.45, 7) is 8.74. The highest BCUT2D eigenvalue weighted by molar-refractivity contribution is 14.0. The van der Waals surface area contributed by atoms with E-state index in [-0.39, 0.29) is 42.0 Å². The molecule has 0 spiro atoms. The average molecular weight is 452 g/mol. The van der Waals surface area contributed by atoms with Crippen molar-refractivity contribution in [1.82, 2.24) is 16.0 Å². The van der Waals surface area contributed by atoms with Gasteiger partial charge in [0, 0.05) is 48.3 Å². The number of hydrogen-bond donors (Lipinski definition) is 3. The van der Waals surface area contributed by atoms with E-state index < -0.39 is 0 Å². The van der Waals surface area contributed by atoms with Crippen molar-refractivity contribution in [2.75, 3.05) is 13.6 Å². The van der Waals surface area contributed by atoms with Crippen molar-refractivity contribution in [3.63, 3.8) is 0 Å². The van der Waals surface area contributed by atoms with Crippen molar-refractivity contribution in [3.8, 4) is 0 Å². The van der Waals surface area contributed by atoms with Crippen LogP contribution in [0.5, 0.6) is 0 Å². The van der Waals surface area contributed by atoms with Crippen molar-refractivity contribution in [3.05, 3.63) is 21.9 Å². The number of nitrogens with zero attached hydrogens (tertiary/aromatic N) is 1. The molecule has 1 atom stereocenters. The van der Waals surface area contributed by atoms with E-state index in [4.69, 9.17) is 0 Å². The fourth-order valence-corrected chi connectivity index (χ4v) is 3.08. The molecule has 0 saturated carbocycles. The number of carbonyl (C=O) groups excluding carboxylic acids is 1. The maximum absolute atomic E-state index is 11.6. The smallest absolute Gasteiger partial charge is 0.221 e. The van der Waals surface area contributed by atoms with Crippen molar-refractivity contribution in [2.24, 2.45) is 4.99 Å². The molecule has 7 heteroatoms. The van der Waals surface area contributed by atoms with Crippen molar-refractivity contribution in [1.29, 1.82) is 0 Å². The highest BCUT2D eigenvalue weighted by Crippen LogP contribution is 2.16. The molecule has 5 nitrogen and oxygen atoms in total. The van der Waals surface area contributed by atoms with Crippen LogP contribution in [-0.2, 0) is 11.2 Å². The van der Waals surface area contributed by atoms with Crippen molar-refractivity contribution in [2.45, 2.75) is 52.6 Å². The second kappa shape index (κ2) is 11.7. The Morgan fingerprint density at radius 3 is 2.48 bits per heavy atom. The molecular weight excluding hydrogens is 423 g/mol. The summed E-state index contributed by atoms with van der Waals surface area (Å²) in [4.78, 5) is 18.5. The highest BCUT2D eigenvalue weighted by Gasteiger charge is 2.08. The van der Waals surface area contributed by atoms with Crippen LogP contribution in [0.3, 0.4) is 0 Å². The third-order valence-corrected chi connectivity index (χ3v) is 4.03. The first-order chi connectivity index (χ1) is 10.4. The van der Waals surface area contributed by atoms with Crippen molar-refractivity contribution >= 4 is 47.2 Å². The molecule has 0 aromatic carbocycles. The number of rotatable bonds is 7. The number of nitrogens with one attached hydrogen (secondary N) is 3. The van der Waals surface area contributed by atoms with E-state index in [0.717, 1.165) is 12.4 Å². The predicted molar refractivity (Wildman–Crippen MR) is 110 cm³/mol. The van der Waals surface area contributed by atoms with Crippen LogP contribution in [0.15, 0.2) is 17.1 Å². The standard InChI is InChI=1S/C16H28N4OS.HI/c1-11(2)19-15(21)8-9-18-16(17-5)20-12(3)10-14-7-6-13(4)22-14;/h6-7,11-12H,8-10H2,1-5H3,(H,19,21)(H2,17,18,20);1H. The maximum Gasteiger partial charge on any atom is 0.221 e. The Morgan fingerprint density at radius 1 is 1.26 bits per heavy atom.